The lowest BCUT2D eigenvalue weighted by Gasteiger charge is -2.18. The third-order valence-electron chi connectivity index (χ3n) is 2.71. The summed E-state index contributed by atoms with van der Waals surface area (Å²) in [5, 5.41) is 11.5. The van der Waals surface area contributed by atoms with Crippen molar-refractivity contribution in [3.8, 4) is 5.75 Å². The SMILES string of the molecule is CN(C(=O)Nc1ccc(F)cc1F)c1ccc(O)cc1. The molecule has 0 radical (unpaired) electrons. The van der Waals surface area contributed by atoms with E-state index in [0.717, 1.165) is 12.1 Å². The van der Waals surface area contributed by atoms with Gasteiger partial charge in [0.15, 0.2) is 0 Å². The van der Waals surface area contributed by atoms with Crippen LogP contribution in [0.15, 0.2) is 42.5 Å². The second-order valence-corrected chi connectivity index (χ2v) is 4.13. The van der Waals surface area contributed by atoms with Crippen LogP contribution in [0.1, 0.15) is 0 Å². The number of hydrogen-bond acceptors (Lipinski definition) is 2. The molecular weight excluding hydrogens is 266 g/mol. The summed E-state index contributed by atoms with van der Waals surface area (Å²) in [5.41, 5.74) is 0.407. The fraction of sp³-hybridized carbons (Fsp3) is 0.0714. The van der Waals surface area contributed by atoms with E-state index in [1.807, 2.05) is 0 Å². The summed E-state index contributed by atoms with van der Waals surface area (Å²) in [7, 11) is 1.49. The van der Waals surface area contributed by atoms with Gasteiger partial charge < -0.3 is 10.4 Å². The zero-order chi connectivity index (χ0) is 14.7. The summed E-state index contributed by atoms with van der Waals surface area (Å²) in [6.45, 7) is 0. The molecule has 0 spiro atoms. The van der Waals surface area contributed by atoms with Crippen LogP contribution in [-0.4, -0.2) is 18.2 Å². The van der Waals surface area contributed by atoms with Crippen LogP contribution in [0.5, 0.6) is 5.75 Å². The first-order valence-corrected chi connectivity index (χ1v) is 5.76. The Morgan fingerprint density at radius 2 is 1.80 bits per heavy atom. The number of urea groups is 1. The lowest BCUT2D eigenvalue weighted by atomic mass is 10.3. The van der Waals surface area contributed by atoms with Crippen molar-refractivity contribution in [2.75, 3.05) is 17.3 Å². The molecule has 0 heterocycles. The molecule has 0 aliphatic rings. The van der Waals surface area contributed by atoms with Crippen molar-refractivity contribution in [3.05, 3.63) is 54.1 Å². The summed E-state index contributed by atoms with van der Waals surface area (Å²) >= 11 is 0. The monoisotopic (exact) mass is 278 g/mol. The maximum absolute atomic E-state index is 13.4. The van der Waals surface area contributed by atoms with E-state index in [4.69, 9.17) is 0 Å². The molecule has 2 aromatic carbocycles. The Morgan fingerprint density at radius 1 is 1.15 bits per heavy atom. The van der Waals surface area contributed by atoms with Gasteiger partial charge in [0, 0.05) is 18.8 Å². The van der Waals surface area contributed by atoms with E-state index in [1.165, 1.54) is 36.2 Å². The van der Waals surface area contributed by atoms with E-state index in [0.29, 0.717) is 11.8 Å². The van der Waals surface area contributed by atoms with Crippen LogP contribution >= 0.6 is 0 Å². The van der Waals surface area contributed by atoms with Crippen LogP contribution in [0.2, 0.25) is 0 Å². The van der Waals surface area contributed by atoms with Crippen molar-refractivity contribution in [2.45, 2.75) is 0 Å². The Kier molecular flexibility index (Phi) is 3.84. The van der Waals surface area contributed by atoms with E-state index >= 15 is 0 Å². The highest BCUT2D eigenvalue weighted by Gasteiger charge is 2.13. The normalized spacial score (nSPS) is 10.2. The van der Waals surface area contributed by atoms with Crippen LogP contribution in [0.25, 0.3) is 0 Å². The van der Waals surface area contributed by atoms with Crippen molar-refractivity contribution >= 4 is 17.4 Å². The molecule has 2 N–H and O–H groups in total. The Hall–Kier alpha value is -2.63. The molecule has 2 aromatic rings. The molecule has 0 unspecified atom stereocenters. The minimum Gasteiger partial charge on any atom is -0.508 e. The predicted octanol–water partition coefficient (Wildman–Crippen LogP) is 3.34. The van der Waals surface area contributed by atoms with Gasteiger partial charge in [-0.25, -0.2) is 13.6 Å². The summed E-state index contributed by atoms with van der Waals surface area (Å²) in [5.74, 6) is -1.49. The number of benzene rings is 2. The standard InChI is InChI=1S/C14H12F2N2O2/c1-18(10-3-5-11(19)6-4-10)14(20)17-13-7-2-9(15)8-12(13)16/h2-8,19H,1H3,(H,17,20). The second kappa shape index (κ2) is 5.56. The number of nitrogens with zero attached hydrogens (tertiary/aromatic N) is 1. The van der Waals surface area contributed by atoms with Gasteiger partial charge in [-0.15, -0.1) is 0 Å². The van der Waals surface area contributed by atoms with Crippen LogP contribution in [0, 0.1) is 11.6 Å². The van der Waals surface area contributed by atoms with Crippen LogP contribution in [-0.2, 0) is 0 Å². The van der Waals surface area contributed by atoms with Gasteiger partial charge in [0.25, 0.3) is 0 Å². The summed E-state index contributed by atoms with van der Waals surface area (Å²) < 4.78 is 26.2. The third kappa shape index (κ3) is 3.03. The molecular formula is C14H12F2N2O2. The van der Waals surface area contributed by atoms with Crippen molar-refractivity contribution < 1.29 is 18.7 Å². The summed E-state index contributed by atoms with van der Waals surface area (Å²) in [4.78, 5) is 13.2. The molecule has 6 heteroatoms. The number of halogens is 2. The largest absolute Gasteiger partial charge is 0.508 e. The highest BCUT2D eigenvalue weighted by molar-refractivity contribution is 6.01. The highest BCUT2D eigenvalue weighted by Crippen LogP contribution is 2.19. The van der Waals surface area contributed by atoms with Gasteiger partial charge in [0.1, 0.15) is 17.4 Å². The number of hydrogen-bond donors (Lipinski definition) is 2. The molecule has 2 rings (SSSR count). The van der Waals surface area contributed by atoms with Crippen molar-refractivity contribution in [1.29, 1.82) is 0 Å². The number of aromatic hydroxyl groups is 1. The van der Waals surface area contributed by atoms with Gasteiger partial charge in [0.05, 0.1) is 5.69 Å². The number of phenols is 1. The van der Waals surface area contributed by atoms with Gasteiger partial charge in [-0.3, -0.25) is 4.90 Å². The van der Waals surface area contributed by atoms with Crippen molar-refractivity contribution in [3.63, 3.8) is 0 Å². The topological polar surface area (TPSA) is 52.6 Å². The quantitative estimate of drug-likeness (QED) is 0.885. The number of carbonyl (C=O) groups excluding carboxylic acids is 1. The van der Waals surface area contributed by atoms with Crippen molar-refractivity contribution in [1.82, 2.24) is 0 Å². The van der Waals surface area contributed by atoms with E-state index in [1.54, 1.807) is 0 Å². The summed E-state index contributed by atoms with van der Waals surface area (Å²) in [6, 6.07) is 8.24. The minimum atomic E-state index is -0.850. The van der Waals surface area contributed by atoms with E-state index in [-0.39, 0.29) is 11.4 Å². The fourth-order valence-electron chi connectivity index (χ4n) is 1.58. The Balaban J connectivity index is 2.13. The van der Waals surface area contributed by atoms with Gasteiger partial charge >= 0.3 is 6.03 Å². The predicted molar refractivity (Wildman–Crippen MR) is 71.9 cm³/mol. The molecule has 104 valence electrons. The number of anilines is 2. The number of nitrogens with one attached hydrogen (secondary N) is 1. The van der Waals surface area contributed by atoms with E-state index < -0.39 is 17.7 Å². The van der Waals surface area contributed by atoms with Crippen LogP contribution < -0.4 is 10.2 Å². The van der Waals surface area contributed by atoms with Gasteiger partial charge in [-0.2, -0.15) is 0 Å². The number of rotatable bonds is 2. The average Bonchev–Trinajstić information content (AvgIpc) is 2.42. The Labute approximate surface area is 114 Å². The molecule has 20 heavy (non-hydrogen) atoms. The zero-order valence-corrected chi connectivity index (χ0v) is 10.6. The molecule has 0 saturated carbocycles. The van der Waals surface area contributed by atoms with Gasteiger partial charge in [-0.05, 0) is 36.4 Å². The maximum Gasteiger partial charge on any atom is 0.326 e. The number of phenolic OH excluding ortho intramolecular Hbond substituents is 1. The lowest BCUT2D eigenvalue weighted by Crippen LogP contribution is -2.31. The van der Waals surface area contributed by atoms with E-state index in [9.17, 15) is 18.7 Å². The van der Waals surface area contributed by atoms with Crippen molar-refractivity contribution in [2.24, 2.45) is 0 Å². The van der Waals surface area contributed by atoms with E-state index in [2.05, 4.69) is 5.32 Å². The minimum absolute atomic E-state index is 0.0761. The maximum atomic E-state index is 13.4. The molecule has 0 atom stereocenters. The molecule has 2 amide bonds. The smallest absolute Gasteiger partial charge is 0.326 e. The molecule has 0 bridgehead atoms. The zero-order valence-electron chi connectivity index (χ0n) is 10.6. The van der Waals surface area contributed by atoms with Gasteiger partial charge in [-0.1, -0.05) is 0 Å². The molecule has 0 saturated heterocycles. The molecule has 0 aliphatic carbocycles. The lowest BCUT2D eigenvalue weighted by molar-refractivity contribution is 0.258. The Morgan fingerprint density at radius 3 is 2.40 bits per heavy atom. The Bertz CT molecular complexity index is 630. The van der Waals surface area contributed by atoms with Crippen LogP contribution in [0.4, 0.5) is 25.0 Å². The molecule has 0 aromatic heterocycles. The number of carbonyl (C=O) groups is 1. The fourth-order valence-corrected chi connectivity index (χ4v) is 1.58. The first-order chi connectivity index (χ1) is 9.47. The highest BCUT2D eigenvalue weighted by atomic mass is 19.1. The van der Waals surface area contributed by atoms with Crippen LogP contribution in [0.3, 0.4) is 0 Å². The molecule has 4 nitrogen and oxygen atoms in total. The number of amides is 2. The van der Waals surface area contributed by atoms with Gasteiger partial charge in [0.2, 0.25) is 0 Å². The first-order valence-electron chi connectivity index (χ1n) is 5.76. The third-order valence-corrected chi connectivity index (χ3v) is 2.71. The second-order valence-electron chi connectivity index (χ2n) is 4.13. The summed E-state index contributed by atoms with van der Waals surface area (Å²) in [6.07, 6.45) is 0. The molecule has 0 aliphatic heterocycles. The average molecular weight is 278 g/mol. The molecule has 0 fully saturated rings. The first kappa shape index (κ1) is 13.8.